The quantitative estimate of drug-likeness (QED) is 0.746. The summed E-state index contributed by atoms with van der Waals surface area (Å²) in [7, 11) is 0. The van der Waals surface area contributed by atoms with Crippen molar-refractivity contribution in [1.82, 2.24) is 15.2 Å². The van der Waals surface area contributed by atoms with Gasteiger partial charge in [-0.2, -0.15) is 5.10 Å². The maximum absolute atomic E-state index is 6.09. The summed E-state index contributed by atoms with van der Waals surface area (Å²) in [5.74, 6) is 0.840. The van der Waals surface area contributed by atoms with Crippen molar-refractivity contribution in [3.63, 3.8) is 0 Å². The molecule has 1 aromatic heterocycles. The summed E-state index contributed by atoms with van der Waals surface area (Å²) in [5, 5.41) is 7.85. The highest BCUT2D eigenvalue weighted by Gasteiger charge is 2.35. The van der Waals surface area contributed by atoms with E-state index >= 15 is 0 Å². The van der Waals surface area contributed by atoms with Gasteiger partial charge in [-0.25, -0.2) is 9.98 Å². The standard InChI is InChI=1S/C18H14N4O/c1-3-7-13(8-4-1)15-16(14-9-5-2-6-10-14)23-18(21-15)17-19-11-12-20-22-17/h1-12,15-16H. The highest BCUT2D eigenvalue weighted by Crippen LogP contribution is 2.40. The normalized spacial score (nSPS) is 19.9. The van der Waals surface area contributed by atoms with E-state index < -0.39 is 0 Å². The van der Waals surface area contributed by atoms with Crippen LogP contribution in [0.2, 0.25) is 0 Å². The van der Waals surface area contributed by atoms with Crippen molar-refractivity contribution in [3.8, 4) is 0 Å². The van der Waals surface area contributed by atoms with Gasteiger partial charge in [0.15, 0.2) is 6.10 Å². The first-order valence-electron chi connectivity index (χ1n) is 7.40. The van der Waals surface area contributed by atoms with Gasteiger partial charge in [-0.3, -0.25) is 0 Å². The van der Waals surface area contributed by atoms with E-state index in [0.717, 1.165) is 11.1 Å². The summed E-state index contributed by atoms with van der Waals surface area (Å²) < 4.78 is 6.09. The van der Waals surface area contributed by atoms with E-state index in [2.05, 4.69) is 27.3 Å². The minimum atomic E-state index is -0.197. The molecule has 5 nitrogen and oxygen atoms in total. The second-order valence-corrected chi connectivity index (χ2v) is 5.21. The van der Waals surface area contributed by atoms with Gasteiger partial charge < -0.3 is 4.74 Å². The molecule has 4 rings (SSSR count). The zero-order valence-electron chi connectivity index (χ0n) is 12.3. The van der Waals surface area contributed by atoms with Gasteiger partial charge in [0.05, 0.1) is 6.20 Å². The van der Waals surface area contributed by atoms with E-state index in [9.17, 15) is 0 Å². The number of hydrogen-bond acceptors (Lipinski definition) is 5. The summed E-state index contributed by atoms with van der Waals surface area (Å²) >= 11 is 0. The summed E-state index contributed by atoms with van der Waals surface area (Å²) in [6.45, 7) is 0. The van der Waals surface area contributed by atoms with Crippen LogP contribution in [-0.4, -0.2) is 21.1 Å². The molecular formula is C18H14N4O. The van der Waals surface area contributed by atoms with Gasteiger partial charge in [-0.15, -0.1) is 5.10 Å². The Balaban J connectivity index is 1.75. The van der Waals surface area contributed by atoms with Crippen molar-refractivity contribution < 1.29 is 4.74 Å². The van der Waals surface area contributed by atoms with Gasteiger partial charge in [0, 0.05) is 6.20 Å². The molecule has 0 spiro atoms. The SMILES string of the molecule is c1ccc(C2N=C(c3nccnn3)OC2c2ccccc2)cc1. The van der Waals surface area contributed by atoms with Gasteiger partial charge in [0.2, 0.25) is 5.82 Å². The third kappa shape index (κ3) is 2.68. The zero-order chi connectivity index (χ0) is 15.5. The van der Waals surface area contributed by atoms with E-state index in [4.69, 9.17) is 9.73 Å². The summed E-state index contributed by atoms with van der Waals surface area (Å²) in [6, 6.07) is 20.1. The Labute approximate surface area is 133 Å². The van der Waals surface area contributed by atoms with Crippen LogP contribution in [0, 0.1) is 0 Å². The third-order valence-electron chi connectivity index (χ3n) is 3.72. The molecule has 2 unspecified atom stereocenters. The first kappa shape index (κ1) is 13.6. The average molecular weight is 302 g/mol. The lowest BCUT2D eigenvalue weighted by molar-refractivity contribution is 0.196. The molecule has 112 valence electrons. The smallest absolute Gasteiger partial charge is 0.258 e. The van der Waals surface area contributed by atoms with Crippen molar-refractivity contribution >= 4 is 5.90 Å². The molecule has 0 bridgehead atoms. The molecule has 0 saturated heterocycles. The fraction of sp³-hybridized carbons (Fsp3) is 0.111. The molecule has 3 aromatic rings. The Morgan fingerprint density at radius 1 is 0.783 bits per heavy atom. The molecule has 0 N–H and O–H groups in total. The monoisotopic (exact) mass is 302 g/mol. The molecule has 2 atom stereocenters. The molecule has 0 amide bonds. The minimum absolute atomic E-state index is 0.127. The van der Waals surface area contributed by atoms with Gasteiger partial charge in [-0.05, 0) is 11.1 Å². The topological polar surface area (TPSA) is 60.3 Å². The molecule has 0 fully saturated rings. The first-order chi connectivity index (χ1) is 11.4. The van der Waals surface area contributed by atoms with E-state index in [1.165, 1.54) is 6.20 Å². The predicted molar refractivity (Wildman–Crippen MR) is 85.8 cm³/mol. The lowest BCUT2D eigenvalue weighted by atomic mass is 9.97. The summed E-state index contributed by atoms with van der Waals surface area (Å²) in [5.41, 5.74) is 2.17. The number of nitrogens with zero attached hydrogens (tertiary/aromatic N) is 4. The third-order valence-corrected chi connectivity index (χ3v) is 3.72. The second kappa shape index (κ2) is 5.96. The number of aliphatic imine (C=N–C) groups is 1. The predicted octanol–water partition coefficient (Wildman–Crippen LogP) is 3.13. The average Bonchev–Trinajstić information content (AvgIpc) is 3.09. The summed E-state index contributed by atoms with van der Waals surface area (Å²) in [4.78, 5) is 8.90. The zero-order valence-corrected chi connectivity index (χ0v) is 12.3. The number of hydrogen-bond donors (Lipinski definition) is 0. The fourth-order valence-corrected chi connectivity index (χ4v) is 2.66. The van der Waals surface area contributed by atoms with Gasteiger partial charge in [0.25, 0.3) is 5.90 Å². The molecule has 1 aliphatic heterocycles. The number of rotatable bonds is 3. The van der Waals surface area contributed by atoms with Crippen LogP contribution >= 0.6 is 0 Å². The molecular weight excluding hydrogens is 288 g/mol. The highest BCUT2D eigenvalue weighted by atomic mass is 16.5. The highest BCUT2D eigenvalue weighted by molar-refractivity contribution is 5.91. The number of ether oxygens (including phenoxy) is 1. The van der Waals surface area contributed by atoms with Crippen molar-refractivity contribution in [3.05, 3.63) is 90.0 Å². The molecule has 23 heavy (non-hydrogen) atoms. The van der Waals surface area contributed by atoms with Crippen molar-refractivity contribution in [2.24, 2.45) is 4.99 Å². The van der Waals surface area contributed by atoms with Gasteiger partial charge in [0.1, 0.15) is 6.04 Å². The van der Waals surface area contributed by atoms with Gasteiger partial charge in [-0.1, -0.05) is 60.7 Å². The van der Waals surface area contributed by atoms with Crippen molar-refractivity contribution in [1.29, 1.82) is 0 Å². The van der Waals surface area contributed by atoms with E-state index in [1.807, 2.05) is 48.5 Å². The van der Waals surface area contributed by atoms with Crippen LogP contribution in [0.5, 0.6) is 0 Å². The Morgan fingerprint density at radius 2 is 1.48 bits per heavy atom. The van der Waals surface area contributed by atoms with Gasteiger partial charge >= 0.3 is 0 Å². The Hall–Kier alpha value is -3.08. The number of benzene rings is 2. The molecule has 2 aromatic carbocycles. The maximum Gasteiger partial charge on any atom is 0.258 e. The van der Waals surface area contributed by atoms with E-state index in [1.54, 1.807) is 6.20 Å². The van der Waals surface area contributed by atoms with Crippen LogP contribution < -0.4 is 0 Å². The molecule has 1 aliphatic rings. The molecule has 5 heteroatoms. The van der Waals surface area contributed by atoms with Crippen LogP contribution in [0.3, 0.4) is 0 Å². The molecule has 0 radical (unpaired) electrons. The molecule has 2 heterocycles. The Bertz CT molecular complexity index is 806. The van der Waals surface area contributed by atoms with Crippen LogP contribution in [0.4, 0.5) is 0 Å². The lowest BCUT2D eigenvalue weighted by Crippen LogP contribution is -2.11. The second-order valence-electron chi connectivity index (χ2n) is 5.21. The van der Waals surface area contributed by atoms with Crippen molar-refractivity contribution in [2.45, 2.75) is 12.1 Å². The molecule has 0 aliphatic carbocycles. The van der Waals surface area contributed by atoms with Crippen molar-refractivity contribution in [2.75, 3.05) is 0 Å². The van der Waals surface area contributed by atoms with E-state index in [-0.39, 0.29) is 12.1 Å². The Morgan fingerprint density at radius 3 is 2.13 bits per heavy atom. The Kier molecular flexibility index (Phi) is 3.52. The lowest BCUT2D eigenvalue weighted by Gasteiger charge is -2.18. The van der Waals surface area contributed by atoms with E-state index in [0.29, 0.717) is 11.7 Å². The first-order valence-corrected chi connectivity index (χ1v) is 7.40. The summed E-state index contributed by atoms with van der Waals surface area (Å²) in [6.07, 6.45) is 2.92. The van der Waals surface area contributed by atoms with Crippen LogP contribution in [0.15, 0.2) is 78.0 Å². The van der Waals surface area contributed by atoms with Crippen LogP contribution in [0.25, 0.3) is 0 Å². The van der Waals surface area contributed by atoms with Crippen LogP contribution in [-0.2, 0) is 4.74 Å². The molecule has 0 saturated carbocycles. The van der Waals surface area contributed by atoms with Crippen LogP contribution in [0.1, 0.15) is 29.1 Å². The largest absolute Gasteiger partial charge is 0.464 e. The number of aromatic nitrogens is 3. The minimum Gasteiger partial charge on any atom is -0.464 e. The fourth-order valence-electron chi connectivity index (χ4n) is 2.66. The maximum atomic E-state index is 6.09.